The predicted octanol–water partition coefficient (Wildman–Crippen LogP) is 2.39. The minimum absolute atomic E-state index is 0.0123. The van der Waals surface area contributed by atoms with E-state index in [1.165, 1.54) is 19.9 Å². The molecule has 0 radical (unpaired) electrons. The summed E-state index contributed by atoms with van der Waals surface area (Å²) in [5, 5.41) is 0. The van der Waals surface area contributed by atoms with Crippen molar-refractivity contribution in [3.8, 4) is 5.75 Å². The molecule has 2 heterocycles. The lowest BCUT2D eigenvalue weighted by atomic mass is 10.1. The molecule has 31 heavy (non-hydrogen) atoms. The molecular weight excluding hydrogens is 402 g/mol. The van der Waals surface area contributed by atoms with Gasteiger partial charge in [0.1, 0.15) is 25.4 Å². The number of benzene rings is 1. The summed E-state index contributed by atoms with van der Waals surface area (Å²) in [6.07, 6.45) is 0.822. The van der Waals surface area contributed by atoms with Crippen LogP contribution in [0.2, 0.25) is 0 Å². The number of rotatable bonds is 8. The van der Waals surface area contributed by atoms with E-state index in [0.717, 1.165) is 5.56 Å². The zero-order valence-corrected chi connectivity index (χ0v) is 17.9. The second-order valence-electron chi connectivity index (χ2n) is 7.50. The molecule has 1 fully saturated rings. The molecule has 1 aromatic carbocycles. The number of ether oxygens (including phenoxy) is 4. The molecule has 3 atom stereocenters. The predicted molar refractivity (Wildman–Crippen MR) is 112 cm³/mol. The Balaban J connectivity index is 1.70. The van der Waals surface area contributed by atoms with Crippen molar-refractivity contribution in [2.24, 2.45) is 0 Å². The fraction of sp³-hybridized carbons (Fsp3) is 0.435. The molecule has 1 aliphatic rings. The number of pyridine rings is 1. The van der Waals surface area contributed by atoms with Crippen molar-refractivity contribution >= 4 is 11.9 Å². The molecule has 3 unspecified atom stereocenters. The van der Waals surface area contributed by atoms with E-state index in [9.17, 15) is 14.4 Å². The number of esters is 2. The average Bonchev–Trinajstić information content (AvgIpc) is 3.09. The first kappa shape index (κ1) is 22.6. The van der Waals surface area contributed by atoms with E-state index in [1.54, 1.807) is 6.20 Å². The Morgan fingerprint density at radius 1 is 1.13 bits per heavy atom. The first-order valence-corrected chi connectivity index (χ1v) is 10.2. The number of hydrogen-bond donors (Lipinski definition) is 0. The highest BCUT2D eigenvalue weighted by Crippen LogP contribution is 2.26. The zero-order valence-electron chi connectivity index (χ0n) is 17.9. The van der Waals surface area contributed by atoms with Crippen molar-refractivity contribution in [2.45, 2.75) is 58.7 Å². The van der Waals surface area contributed by atoms with E-state index in [-0.39, 0.29) is 23.9 Å². The van der Waals surface area contributed by atoms with Crippen LogP contribution in [-0.2, 0) is 37.0 Å². The number of carbonyl (C=O) groups excluding carboxylic acids is 2. The van der Waals surface area contributed by atoms with Gasteiger partial charge in [0.05, 0.1) is 11.8 Å². The summed E-state index contributed by atoms with van der Waals surface area (Å²) >= 11 is 0. The van der Waals surface area contributed by atoms with Gasteiger partial charge in [-0.3, -0.25) is 14.4 Å². The van der Waals surface area contributed by atoms with Crippen LogP contribution in [0.25, 0.3) is 0 Å². The van der Waals surface area contributed by atoms with E-state index in [1.807, 2.05) is 41.8 Å². The second kappa shape index (κ2) is 10.3. The standard InChI is InChI=1S/C23H27NO7/c1-15-23(29-13-18-7-5-4-6-8-18)20(27)9-10-24(15)12-19-11-21(30-17(3)26)22(31-19)14-28-16(2)25/h4-10,19,21-22H,11-14H2,1-3H3. The Morgan fingerprint density at radius 2 is 1.87 bits per heavy atom. The largest absolute Gasteiger partial charge is 0.483 e. The van der Waals surface area contributed by atoms with Crippen LogP contribution in [0.3, 0.4) is 0 Å². The molecule has 0 spiro atoms. The molecule has 0 N–H and O–H groups in total. The lowest BCUT2D eigenvalue weighted by molar-refractivity contribution is -0.154. The Bertz CT molecular complexity index is 970. The summed E-state index contributed by atoms with van der Waals surface area (Å²) in [7, 11) is 0. The van der Waals surface area contributed by atoms with E-state index in [2.05, 4.69) is 0 Å². The van der Waals surface area contributed by atoms with Crippen LogP contribution < -0.4 is 10.2 Å². The van der Waals surface area contributed by atoms with Crippen molar-refractivity contribution in [2.75, 3.05) is 6.61 Å². The van der Waals surface area contributed by atoms with Gasteiger partial charge in [-0.25, -0.2) is 0 Å². The molecular formula is C23H27NO7. The maximum atomic E-state index is 12.3. The van der Waals surface area contributed by atoms with E-state index >= 15 is 0 Å². The van der Waals surface area contributed by atoms with Crippen molar-refractivity contribution in [1.82, 2.24) is 4.57 Å². The number of carbonyl (C=O) groups is 2. The third kappa shape index (κ3) is 6.18. The Morgan fingerprint density at radius 3 is 2.55 bits per heavy atom. The minimum Gasteiger partial charge on any atom is -0.483 e. The molecule has 166 valence electrons. The molecule has 0 aliphatic carbocycles. The number of hydrogen-bond acceptors (Lipinski definition) is 7. The smallest absolute Gasteiger partial charge is 0.302 e. The molecule has 3 rings (SSSR count). The third-order valence-electron chi connectivity index (χ3n) is 5.06. The van der Waals surface area contributed by atoms with Crippen LogP contribution in [0.1, 0.15) is 31.5 Å². The van der Waals surface area contributed by atoms with Gasteiger partial charge >= 0.3 is 11.9 Å². The molecule has 2 aromatic rings. The van der Waals surface area contributed by atoms with Crippen LogP contribution in [-0.4, -0.2) is 41.4 Å². The van der Waals surface area contributed by atoms with Crippen molar-refractivity contribution in [3.05, 3.63) is 64.1 Å². The molecule has 1 aromatic heterocycles. The first-order valence-electron chi connectivity index (χ1n) is 10.2. The fourth-order valence-electron chi connectivity index (χ4n) is 3.58. The van der Waals surface area contributed by atoms with Crippen molar-refractivity contribution in [3.63, 3.8) is 0 Å². The summed E-state index contributed by atoms with van der Waals surface area (Å²) in [4.78, 5) is 34.9. The van der Waals surface area contributed by atoms with Gasteiger partial charge in [-0.15, -0.1) is 0 Å². The number of nitrogens with zero attached hydrogens (tertiary/aromatic N) is 1. The monoisotopic (exact) mass is 429 g/mol. The van der Waals surface area contributed by atoms with Gasteiger partial charge in [0, 0.05) is 39.1 Å². The van der Waals surface area contributed by atoms with E-state index in [4.69, 9.17) is 18.9 Å². The number of aromatic nitrogens is 1. The van der Waals surface area contributed by atoms with Crippen LogP contribution in [0, 0.1) is 6.92 Å². The Kier molecular flexibility index (Phi) is 7.46. The summed E-state index contributed by atoms with van der Waals surface area (Å²) < 4.78 is 24.1. The summed E-state index contributed by atoms with van der Waals surface area (Å²) in [6.45, 7) is 5.20. The molecule has 0 saturated carbocycles. The molecule has 0 amide bonds. The zero-order chi connectivity index (χ0) is 22.4. The highest BCUT2D eigenvalue weighted by Gasteiger charge is 2.38. The lowest BCUT2D eigenvalue weighted by Crippen LogP contribution is -2.31. The first-order chi connectivity index (χ1) is 14.8. The maximum absolute atomic E-state index is 12.3. The third-order valence-corrected chi connectivity index (χ3v) is 5.06. The average molecular weight is 429 g/mol. The molecule has 0 bridgehead atoms. The van der Waals surface area contributed by atoms with Gasteiger partial charge in [0.2, 0.25) is 5.43 Å². The normalized spacial score (nSPS) is 20.3. The van der Waals surface area contributed by atoms with Crippen LogP contribution in [0.15, 0.2) is 47.4 Å². The maximum Gasteiger partial charge on any atom is 0.302 e. The molecule has 1 aliphatic heterocycles. The highest BCUT2D eigenvalue weighted by molar-refractivity contribution is 5.66. The molecule has 8 heteroatoms. The molecule has 8 nitrogen and oxygen atoms in total. The fourth-order valence-corrected chi connectivity index (χ4v) is 3.58. The van der Waals surface area contributed by atoms with Gasteiger partial charge in [0.15, 0.2) is 5.75 Å². The van der Waals surface area contributed by atoms with E-state index in [0.29, 0.717) is 25.3 Å². The second-order valence-corrected chi connectivity index (χ2v) is 7.50. The van der Waals surface area contributed by atoms with Crippen LogP contribution in [0.5, 0.6) is 5.75 Å². The van der Waals surface area contributed by atoms with Crippen molar-refractivity contribution in [1.29, 1.82) is 0 Å². The highest BCUT2D eigenvalue weighted by atomic mass is 16.6. The summed E-state index contributed by atoms with van der Waals surface area (Å²) in [6, 6.07) is 11.1. The van der Waals surface area contributed by atoms with Crippen molar-refractivity contribution < 1.29 is 28.5 Å². The van der Waals surface area contributed by atoms with Gasteiger partial charge < -0.3 is 23.5 Å². The van der Waals surface area contributed by atoms with Crippen LogP contribution >= 0.6 is 0 Å². The topological polar surface area (TPSA) is 93.1 Å². The van der Waals surface area contributed by atoms with Gasteiger partial charge in [-0.05, 0) is 12.5 Å². The van der Waals surface area contributed by atoms with Gasteiger partial charge in [0.25, 0.3) is 0 Å². The van der Waals surface area contributed by atoms with Gasteiger partial charge in [-0.1, -0.05) is 30.3 Å². The Hall–Kier alpha value is -3.13. The SMILES string of the molecule is CC(=O)OCC1OC(Cn2ccc(=O)c(OCc3ccccc3)c2C)CC1OC(C)=O. The lowest BCUT2D eigenvalue weighted by Gasteiger charge is -2.19. The van der Waals surface area contributed by atoms with E-state index < -0.39 is 24.1 Å². The van der Waals surface area contributed by atoms with Crippen LogP contribution in [0.4, 0.5) is 0 Å². The quantitative estimate of drug-likeness (QED) is 0.595. The summed E-state index contributed by atoms with van der Waals surface area (Å²) in [5.41, 5.74) is 1.45. The summed E-state index contributed by atoms with van der Waals surface area (Å²) in [5.74, 6) is -0.555. The Labute approximate surface area is 180 Å². The molecule has 1 saturated heterocycles. The van der Waals surface area contributed by atoms with Gasteiger partial charge in [-0.2, -0.15) is 0 Å². The minimum atomic E-state index is -0.536.